The van der Waals surface area contributed by atoms with Crippen LogP contribution < -0.4 is 0 Å². The lowest BCUT2D eigenvalue weighted by atomic mass is 9.79. The first-order chi connectivity index (χ1) is 7.58. The fraction of sp³-hybridized carbons (Fsp3) is 0.357. The van der Waals surface area contributed by atoms with Crippen molar-refractivity contribution in [1.82, 2.24) is 0 Å². The van der Waals surface area contributed by atoms with Gasteiger partial charge in [0.2, 0.25) is 0 Å². The van der Waals surface area contributed by atoms with Gasteiger partial charge in [-0.3, -0.25) is 0 Å². The molecule has 0 bridgehead atoms. The van der Waals surface area contributed by atoms with E-state index in [4.69, 9.17) is 5.11 Å². The van der Waals surface area contributed by atoms with E-state index in [0.29, 0.717) is 5.92 Å². The van der Waals surface area contributed by atoms with Crippen LogP contribution in [0.3, 0.4) is 0 Å². The molecule has 1 aliphatic carbocycles. The molecule has 0 radical (unpaired) electrons. The van der Waals surface area contributed by atoms with E-state index in [0.717, 1.165) is 24.0 Å². The smallest absolute Gasteiger partial charge is 0.328 e. The van der Waals surface area contributed by atoms with E-state index in [1.165, 1.54) is 17.2 Å². The standard InChI is InChI=1S/C14H16O2/c1-9-6-11(8-14(15)16)12-5-3-4-10(2)13(12)7-9/h3-5,8-9H,6-7H2,1-2H3,(H,15,16)/b11-8+. The Morgan fingerprint density at radius 3 is 2.88 bits per heavy atom. The zero-order valence-electron chi connectivity index (χ0n) is 9.66. The van der Waals surface area contributed by atoms with E-state index in [-0.39, 0.29) is 0 Å². The summed E-state index contributed by atoms with van der Waals surface area (Å²) in [6, 6.07) is 6.12. The average Bonchev–Trinajstić information content (AvgIpc) is 2.18. The molecule has 0 saturated carbocycles. The summed E-state index contributed by atoms with van der Waals surface area (Å²) in [6.45, 7) is 4.26. The van der Waals surface area contributed by atoms with Gasteiger partial charge < -0.3 is 5.11 Å². The van der Waals surface area contributed by atoms with Gasteiger partial charge in [-0.25, -0.2) is 4.79 Å². The zero-order chi connectivity index (χ0) is 11.7. The largest absolute Gasteiger partial charge is 0.478 e. The minimum absolute atomic E-state index is 0.527. The number of aliphatic carboxylic acids is 1. The van der Waals surface area contributed by atoms with Crippen molar-refractivity contribution < 1.29 is 9.90 Å². The summed E-state index contributed by atoms with van der Waals surface area (Å²) < 4.78 is 0. The maximum Gasteiger partial charge on any atom is 0.328 e. The van der Waals surface area contributed by atoms with Gasteiger partial charge in [-0.1, -0.05) is 25.1 Å². The summed E-state index contributed by atoms with van der Waals surface area (Å²) in [7, 11) is 0. The third-order valence-electron chi connectivity index (χ3n) is 3.17. The molecular weight excluding hydrogens is 200 g/mol. The highest BCUT2D eigenvalue weighted by Crippen LogP contribution is 2.35. The molecule has 0 spiro atoms. The third-order valence-corrected chi connectivity index (χ3v) is 3.17. The Bertz CT molecular complexity index is 458. The molecule has 0 fully saturated rings. The Hall–Kier alpha value is -1.57. The zero-order valence-corrected chi connectivity index (χ0v) is 9.66. The number of hydrogen-bond acceptors (Lipinski definition) is 1. The predicted molar refractivity (Wildman–Crippen MR) is 64.3 cm³/mol. The van der Waals surface area contributed by atoms with Crippen LogP contribution >= 0.6 is 0 Å². The first-order valence-electron chi connectivity index (χ1n) is 5.60. The van der Waals surface area contributed by atoms with Crippen molar-refractivity contribution in [3.05, 3.63) is 41.0 Å². The maximum atomic E-state index is 10.8. The predicted octanol–water partition coefficient (Wildman–Crippen LogP) is 3.05. The Morgan fingerprint density at radius 1 is 1.44 bits per heavy atom. The third kappa shape index (κ3) is 2.01. The average molecular weight is 216 g/mol. The van der Waals surface area contributed by atoms with Gasteiger partial charge in [0.15, 0.2) is 0 Å². The van der Waals surface area contributed by atoms with Crippen LogP contribution in [0.25, 0.3) is 5.57 Å². The van der Waals surface area contributed by atoms with E-state index in [2.05, 4.69) is 19.9 Å². The Labute approximate surface area is 95.6 Å². The summed E-state index contributed by atoms with van der Waals surface area (Å²) in [6.07, 6.45) is 3.27. The van der Waals surface area contributed by atoms with Crippen LogP contribution in [0.5, 0.6) is 0 Å². The first-order valence-corrected chi connectivity index (χ1v) is 5.60. The molecule has 16 heavy (non-hydrogen) atoms. The summed E-state index contributed by atoms with van der Waals surface area (Å²) in [5.74, 6) is -0.323. The molecule has 1 N–H and O–H groups in total. The molecule has 2 heteroatoms. The van der Waals surface area contributed by atoms with Crippen molar-refractivity contribution in [2.45, 2.75) is 26.7 Å². The summed E-state index contributed by atoms with van der Waals surface area (Å²) in [4.78, 5) is 10.8. The number of rotatable bonds is 1. The molecule has 0 aliphatic heterocycles. The monoisotopic (exact) mass is 216 g/mol. The van der Waals surface area contributed by atoms with Crippen molar-refractivity contribution in [3.8, 4) is 0 Å². The van der Waals surface area contributed by atoms with Crippen molar-refractivity contribution in [2.24, 2.45) is 5.92 Å². The van der Waals surface area contributed by atoms with Gasteiger partial charge in [0.25, 0.3) is 0 Å². The second kappa shape index (κ2) is 4.12. The fourth-order valence-corrected chi connectivity index (χ4v) is 2.47. The van der Waals surface area contributed by atoms with E-state index in [1.54, 1.807) is 0 Å². The van der Waals surface area contributed by atoms with Crippen molar-refractivity contribution in [1.29, 1.82) is 0 Å². The van der Waals surface area contributed by atoms with Gasteiger partial charge in [0.05, 0.1) is 0 Å². The minimum Gasteiger partial charge on any atom is -0.478 e. The summed E-state index contributed by atoms with van der Waals surface area (Å²) in [5.41, 5.74) is 4.67. The molecule has 0 heterocycles. The van der Waals surface area contributed by atoms with Crippen LogP contribution in [-0.2, 0) is 11.2 Å². The van der Waals surface area contributed by atoms with Crippen LogP contribution in [0.4, 0.5) is 0 Å². The van der Waals surface area contributed by atoms with Crippen LogP contribution in [-0.4, -0.2) is 11.1 Å². The lowest BCUT2D eigenvalue weighted by Gasteiger charge is -2.25. The van der Waals surface area contributed by atoms with Crippen LogP contribution in [0.15, 0.2) is 24.3 Å². The molecule has 1 atom stereocenters. The molecule has 0 saturated heterocycles. The number of fused-ring (bicyclic) bond motifs is 1. The Balaban J connectivity index is 2.54. The summed E-state index contributed by atoms with van der Waals surface area (Å²) in [5, 5.41) is 8.87. The lowest BCUT2D eigenvalue weighted by molar-refractivity contribution is -0.131. The van der Waals surface area contributed by atoms with Gasteiger partial charge >= 0.3 is 5.97 Å². The molecule has 1 unspecified atom stereocenters. The lowest BCUT2D eigenvalue weighted by Crippen LogP contribution is -2.12. The molecule has 1 aromatic carbocycles. The second-order valence-corrected chi connectivity index (χ2v) is 4.62. The van der Waals surface area contributed by atoms with E-state index >= 15 is 0 Å². The highest BCUT2D eigenvalue weighted by Gasteiger charge is 2.21. The quantitative estimate of drug-likeness (QED) is 0.732. The molecule has 0 aromatic heterocycles. The van der Waals surface area contributed by atoms with Crippen molar-refractivity contribution in [3.63, 3.8) is 0 Å². The van der Waals surface area contributed by atoms with Gasteiger partial charge in [0.1, 0.15) is 0 Å². The Morgan fingerprint density at radius 2 is 2.19 bits per heavy atom. The molecule has 1 aliphatic rings. The maximum absolute atomic E-state index is 10.8. The second-order valence-electron chi connectivity index (χ2n) is 4.62. The van der Waals surface area contributed by atoms with Crippen molar-refractivity contribution >= 4 is 11.5 Å². The van der Waals surface area contributed by atoms with Crippen LogP contribution in [0.1, 0.15) is 30.0 Å². The highest BCUT2D eigenvalue weighted by molar-refractivity contribution is 5.91. The molecule has 84 valence electrons. The molecule has 1 aromatic rings. The van der Waals surface area contributed by atoms with Gasteiger partial charge in [-0.05, 0) is 47.9 Å². The van der Waals surface area contributed by atoms with Gasteiger partial charge in [-0.15, -0.1) is 0 Å². The number of aryl methyl sites for hydroxylation is 1. The van der Waals surface area contributed by atoms with E-state index < -0.39 is 5.97 Å². The molecular formula is C14H16O2. The number of benzene rings is 1. The number of carboxylic acid groups (broad SMARTS) is 1. The van der Waals surface area contributed by atoms with Crippen LogP contribution in [0.2, 0.25) is 0 Å². The number of carbonyl (C=O) groups is 1. The first kappa shape index (κ1) is 10.9. The molecule has 0 amide bonds. The number of allylic oxidation sites excluding steroid dienone is 1. The van der Waals surface area contributed by atoms with Crippen molar-refractivity contribution in [2.75, 3.05) is 0 Å². The minimum atomic E-state index is -0.850. The highest BCUT2D eigenvalue weighted by atomic mass is 16.4. The normalized spacial score (nSPS) is 21.9. The van der Waals surface area contributed by atoms with E-state index in [1.807, 2.05) is 12.1 Å². The van der Waals surface area contributed by atoms with Gasteiger partial charge in [-0.2, -0.15) is 0 Å². The fourth-order valence-electron chi connectivity index (χ4n) is 2.47. The molecule has 2 nitrogen and oxygen atoms in total. The summed E-state index contributed by atoms with van der Waals surface area (Å²) >= 11 is 0. The van der Waals surface area contributed by atoms with Gasteiger partial charge in [0, 0.05) is 6.08 Å². The van der Waals surface area contributed by atoms with Crippen LogP contribution in [0, 0.1) is 12.8 Å². The number of carboxylic acids is 1. The number of hydrogen-bond donors (Lipinski definition) is 1. The Kier molecular flexibility index (Phi) is 2.82. The SMILES string of the molecule is Cc1cccc2c1CC(C)C/C2=C\C(=O)O. The van der Waals surface area contributed by atoms with E-state index in [9.17, 15) is 4.79 Å². The topological polar surface area (TPSA) is 37.3 Å². The molecule has 2 rings (SSSR count).